The lowest BCUT2D eigenvalue weighted by molar-refractivity contribution is -0.130. The molecule has 0 aromatic carbocycles. The molecule has 1 saturated heterocycles. The number of carbonyl (C=O) groups is 1. The molecule has 1 aliphatic heterocycles. The number of anilines is 1. The third-order valence-electron chi connectivity index (χ3n) is 3.28. The van der Waals surface area contributed by atoms with E-state index < -0.39 is 12.0 Å². The van der Waals surface area contributed by atoms with Crippen LogP contribution in [-0.2, 0) is 9.53 Å². The number of aliphatic hydroxyl groups excluding tert-OH is 1. The molecule has 2 unspecified atom stereocenters. The van der Waals surface area contributed by atoms with Gasteiger partial charge in [-0.15, -0.1) is 0 Å². The number of nitrogens with zero attached hydrogens (tertiary/aromatic N) is 1. The van der Waals surface area contributed by atoms with Crippen LogP contribution in [0.3, 0.4) is 0 Å². The van der Waals surface area contributed by atoms with Gasteiger partial charge >= 0.3 is 0 Å². The largest absolute Gasteiger partial charge is 0.393 e. The minimum atomic E-state index is -0.485. The second-order valence-electron chi connectivity index (χ2n) is 4.76. The molecule has 1 aromatic heterocycles. The first-order chi connectivity index (χ1) is 9.10. The van der Waals surface area contributed by atoms with Gasteiger partial charge in [0.15, 0.2) is 0 Å². The molecule has 6 heteroatoms. The molecule has 1 fully saturated rings. The lowest BCUT2D eigenvalue weighted by Gasteiger charge is -2.33. The van der Waals surface area contributed by atoms with E-state index in [-0.39, 0.29) is 18.6 Å². The molecule has 1 aromatic rings. The lowest BCUT2D eigenvalue weighted by Crippen LogP contribution is -2.34. The van der Waals surface area contributed by atoms with Crippen LogP contribution in [0.4, 0.5) is 5.69 Å². The highest BCUT2D eigenvalue weighted by Gasteiger charge is 2.31. The second kappa shape index (κ2) is 5.99. The van der Waals surface area contributed by atoms with Crippen molar-refractivity contribution in [2.75, 3.05) is 12.4 Å². The maximum atomic E-state index is 11.0. The summed E-state index contributed by atoms with van der Waals surface area (Å²) in [6.45, 7) is 0. The topological polar surface area (TPSA) is 97.5 Å². The fourth-order valence-electron chi connectivity index (χ4n) is 2.44. The molecule has 2 rings (SSSR count). The fourth-order valence-corrected chi connectivity index (χ4v) is 2.44. The molecule has 1 aliphatic rings. The molecule has 0 saturated carbocycles. The van der Waals surface area contributed by atoms with Gasteiger partial charge in [-0.3, -0.25) is 9.78 Å². The van der Waals surface area contributed by atoms with Crippen molar-refractivity contribution in [3.05, 3.63) is 24.0 Å². The van der Waals surface area contributed by atoms with Crippen molar-refractivity contribution in [1.29, 1.82) is 0 Å². The van der Waals surface area contributed by atoms with Crippen LogP contribution in [0.15, 0.2) is 18.5 Å². The molecule has 0 aliphatic carbocycles. The summed E-state index contributed by atoms with van der Waals surface area (Å²) in [5.74, 6) is -0.415. The smallest absolute Gasteiger partial charge is 0.220 e. The maximum absolute atomic E-state index is 11.0. The Kier molecular flexibility index (Phi) is 4.34. The number of pyridine rings is 1. The summed E-state index contributed by atoms with van der Waals surface area (Å²) < 4.78 is 5.87. The zero-order valence-corrected chi connectivity index (χ0v) is 10.9. The lowest BCUT2D eigenvalue weighted by atomic mass is 9.94. The Morgan fingerprint density at radius 2 is 2.42 bits per heavy atom. The van der Waals surface area contributed by atoms with E-state index in [1.165, 1.54) is 0 Å². The second-order valence-corrected chi connectivity index (χ2v) is 4.76. The number of hydrogen-bond acceptors (Lipinski definition) is 5. The standard InChI is InChI=1S/C13H19N3O3/c1-15-11-7-16-3-2-10(11)12-5-8(17)4-9(19-12)6-13(14)18/h2-3,7-9,12,15,17H,4-6H2,1H3,(H2,14,18)/t8?,9-,12?/m0/s1. The van der Waals surface area contributed by atoms with Gasteiger partial charge in [-0.05, 0) is 6.07 Å². The predicted molar refractivity (Wildman–Crippen MR) is 70.4 cm³/mol. The molecule has 6 nitrogen and oxygen atoms in total. The minimum absolute atomic E-state index is 0.132. The minimum Gasteiger partial charge on any atom is -0.393 e. The molecule has 0 bridgehead atoms. The van der Waals surface area contributed by atoms with Crippen LogP contribution < -0.4 is 11.1 Å². The molecule has 4 N–H and O–H groups in total. The number of carbonyl (C=O) groups excluding carboxylic acids is 1. The fraction of sp³-hybridized carbons (Fsp3) is 0.538. The first-order valence-electron chi connectivity index (χ1n) is 6.33. The third kappa shape index (κ3) is 3.42. The summed E-state index contributed by atoms with van der Waals surface area (Å²) in [5, 5.41) is 13.0. The van der Waals surface area contributed by atoms with Gasteiger partial charge in [0.1, 0.15) is 0 Å². The van der Waals surface area contributed by atoms with E-state index in [2.05, 4.69) is 10.3 Å². The number of amides is 1. The summed E-state index contributed by atoms with van der Waals surface area (Å²) in [6.07, 6.45) is 3.41. The van der Waals surface area contributed by atoms with Crippen molar-refractivity contribution in [3.8, 4) is 0 Å². The maximum Gasteiger partial charge on any atom is 0.220 e. The third-order valence-corrected chi connectivity index (χ3v) is 3.28. The molecule has 0 spiro atoms. The van der Waals surface area contributed by atoms with Crippen LogP contribution in [0.1, 0.15) is 30.9 Å². The number of aliphatic hydroxyl groups is 1. The Hall–Kier alpha value is -1.66. The van der Waals surface area contributed by atoms with Gasteiger partial charge in [-0.1, -0.05) is 0 Å². The molecule has 19 heavy (non-hydrogen) atoms. The zero-order chi connectivity index (χ0) is 13.8. The van der Waals surface area contributed by atoms with E-state index in [0.29, 0.717) is 12.8 Å². The van der Waals surface area contributed by atoms with Crippen molar-refractivity contribution in [2.45, 2.75) is 37.6 Å². The Morgan fingerprint density at radius 3 is 3.11 bits per heavy atom. The molecular weight excluding hydrogens is 246 g/mol. The molecule has 1 amide bonds. The molecular formula is C13H19N3O3. The summed E-state index contributed by atoms with van der Waals surface area (Å²) in [4.78, 5) is 15.0. The van der Waals surface area contributed by atoms with Crippen LogP contribution in [0.5, 0.6) is 0 Å². The van der Waals surface area contributed by atoms with E-state index in [9.17, 15) is 9.90 Å². The van der Waals surface area contributed by atoms with Crippen LogP contribution in [0, 0.1) is 0 Å². The van der Waals surface area contributed by atoms with Gasteiger partial charge in [0.05, 0.1) is 36.6 Å². The number of aromatic nitrogens is 1. The van der Waals surface area contributed by atoms with Crippen LogP contribution in [-0.4, -0.2) is 35.3 Å². The predicted octanol–water partition coefficient (Wildman–Crippen LogP) is 0.580. The summed E-state index contributed by atoms with van der Waals surface area (Å²) in [6, 6.07) is 1.86. The average molecular weight is 265 g/mol. The quantitative estimate of drug-likeness (QED) is 0.740. The van der Waals surface area contributed by atoms with Gasteiger partial charge in [-0.25, -0.2) is 0 Å². The van der Waals surface area contributed by atoms with Crippen LogP contribution in [0.2, 0.25) is 0 Å². The number of ether oxygens (including phenoxy) is 1. The van der Waals surface area contributed by atoms with Crippen molar-refractivity contribution in [3.63, 3.8) is 0 Å². The van der Waals surface area contributed by atoms with Gasteiger partial charge in [0.2, 0.25) is 5.91 Å². The SMILES string of the molecule is CNc1cnccc1C1CC(O)C[C@@H](CC(N)=O)O1. The molecule has 3 atom stereocenters. The average Bonchev–Trinajstić information content (AvgIpc) is 2.37. The molecule has 2 heterocycles. The summed E-state index contributed by atoms with van der Waals surface area (Å²) in [5.41, 5.74) is 6.98. The van der Waals surface area contributed by atoms with E-state index in [1.807, 2.05) is 6.07 Å². The van der Waals surface area contributed by atoms with Crippen molar-refractivity contribution in [2.24, 2.45) is 5.73 Å². The van der Waals surface area contributed by atoms with Crippen molar-refractivity contribution >= 4 is 11.6 Å². The molecule has 104 valence electrons. The Balaban J connectivity index is 2.16. The van der Waals surface area contributed by atoms with E-state index in [0.717, 1.165) is 11.3 Å². The highest BCUT2D eigenvalue weighted by atomic mass is 16.5. The normalized spacial score (nSPS) is 26.9. The number of nitrogens with two attached hydrogens (primary N) is 1. The van der Waals surface area contributed by atoms with Crippen LogP contribution >= 0.6 is 0 Å². The molecule has 0 radical (unpaired) electrons. The van der Waals surface area contributed by atoms with Crippen molar-refractivity contribution in [1.82, 2.24) is 4.98 Å². The number of primary amides is 1. The van der Waals surface area contributed by atoms with E-state index >= 15 is 0 Å². The summed E-state index contributed by atoms with van der Waals surface area (Å²) >= 11 is 0. The van der Waals surface area contributed by atoms with Gasteiger partial charge in [0.25, 0.3) is 0 Å². The number of nitrogens with one attached hydrogen (secondary N) is 1. The Bertz CT molecular complexity index is 453. The van der Waals surface area contributed by atoms with Gasteiger partial charge < -0.3 is 20.9 Å². The number of rotatable bonds is 4. The first kappa shape index (κ1) is 13.8. The first-order valence-corrected chi connectivity index (χ1v) is 6.33. The number of hydrogen-bond donors (Lipinski definition) is 3. The van der Waals surface area contributed by atoms with Crippen molar-refractivity contribution < 1.29 is 14.6 Å². The zero-order valence-electron chi connectivity index (χ0n) is 10.9. The van der Waals surface area contributed by atoms with Gasteiger partial charge in [0, 0.05) is 31.6 Å². The summed E-state index contributed by atoms with van der Waals surface area (Å²) in [7, 11) is 1.81. The van der Waals surface area contributed by atoms with Gasteiger partial charge in [-0.2, -0.15) is 0 Å². The highest BCUT2D eigenvalue weighted by Crippen LogP contribution is 2.35. The monoisotopic (exact) mass is 265 g/mol. The van der Waals surface area contributed by atoms with E-state index in [4.69, 9.17) is 10.5 Å². The van der Waals surface area contributed by atoms with Crippen LogP contribution in [0.25, 0.3) is 0 Å². The Morgan fingerprint density at radius 1 is 1.63 bits per heavy atom. The van der Waals surface area contributed by atoms with E-state index in [1.54, 1.807) is 19.4 Å². The highest BCUT2D eigenvalue weighted by molar-refractivity contribution is 5.74. The Labute approximate surface area is 112 Å².